The van der Waals surface area contributed by atoms with Crippen molar-refractivity contribution in [3.63, 3.8) is 0 Å². The summed E-state index contributed by atoms with van der Waals surface area (Å²) in [5, 5.41) is 12.1. The number of carbonyl (C=O) groups excluding carboxylic acids is 2. The first-order valence-corrected chi connectivity index (χ1v) is 17.5. The van der Waals surface area contributed by atoms with Crippen molar-refractivity contribution >= 4 is 33.4 Å². The summed E-state index contributed by atoms with van der Waals surface area (Å²) in [6, 6.07) is 13.4. The summed E-state index contributed by atoms with van der Waals surface area (Å²) in [6.45, 7) is 5.16. The van der Waals surface area contributed by atoms with E-state index in [0.717, 1.165) is 21.1 Å². The molecule has 0 spiro atoms. The molecule has 4 atom stereocenters. The number of ketones is 2. The molecule has 13 heteroatoms. The number of phenolic OH excluding ortho intramolecular Hbond substituents is 1. The van der Waals surface area contributed by atoms with E-state index < -0.39 is 34.7 Å². The molecule has 2 aromatic heterocycles. The second-order valence-electron chi connectivity index (χ2n) is 14.4. The van der Waals surface area contributed by atoms with Crippen molar-refractivity contribution in [3.05, 3.63) is 114 Å². The fourth-order valence-corrected chi connectivity index (χ4v) is 9.07. The lowest BCUT2D eigenvalue weighted by atomic mass is 9.49. The van der Waals surface area contributed by atoms with Crippen LogP contribution in [-0.4, -0.2) is 54.4 Å². The summed E-state index contributed by atoms with van der Waals surface area (Å²) in [4.78, 5) is 75.0. The maximum Gasteiger partial charge on any atom is 0.347 e. The zero-order valence-electron chi connectivity index (χ0n) is 30.3. The highest BCUT2D eigenvalue weighted by atomic mass is 16.5. The molecule has 0 saturated heterocycles. The van der Waals surface area contributed by atoms with Crippen molar-refractivity contribution in [3.8, 4) is 17.2 Å². The van der Waals surface area contributed by atoms with Crippen molar-refractivity contribution in [1.29, 1.82) is 0 Å². The van der Waals surface area contributed by atoms with Gasteiger partial charge in [0.25, 0.3) is 5.56 Å². The highest BCUT2D eigenvalue weighted by Crippen LogP contribution is 2.61. The fourth-order valence-electron chi connectivity index (χ4n) is 9.07. The number of hydrogen-bond donors (Lipinski definition) is 1. The molecule has 3 aliphatic rings. The van der Waals surface area contributed by atoms with E-state index in [1.54, 1.807) is 51.2 Å². The largest absolute Gasteiger partial charge is 0.507 e. The lowest BCUT2D eigenvalue weighted by Crippen LogP contribution is -2.55. The molecule has 0 bridgehead atoms. The van der Waals surface area contributed by atoms with Crippen LogP contribution in [0.15, 0.2) is 85.7 Å². The van der Waals surface area contributed by atoms with Gasteiger partial charge in [-0.15, -0.1) is 0 Å². The van der Waals surface area contributed by atoms with E-state index in [1.807, 2.05) is 31.2 Å². The number of aromatic hydroxyl groups is 1. The van der Waals surface area contributed by atoms with Gasteiger partial charge in [-0.2, -0.15) is 0 Å². The predicted molar refractivity (Wildman–Crippen MR) is 197 cm³/mol. The van der Waals surface area contributed by atoms with Gasteiger partial charge >= 0.3 is 11.4 Å². The Morgan fingerprint density at radius 2 is 1.62 bits per heavy atom. The van der Waals surface area contributed by atoms with Crippen molar-refractivity contribution in [1.82, 2.24) is 23.5 Å². The number of Topliss-reactive ketones (excluding diaryl/α,β-unsaturated/α-hetero) is 2. The molecular weight excluding hydrogens is 678 g/mol. The maximum absolute atomic E-state index is 14.4. The quantitative estimate of drug-likeness (QED) is 0.257. The summed E-state index contributed by atoms with van der Waals surface area (Å²) in [6.07, 6.45) is 2.05. The maximum atomic E-state index is 14.4. The van der Waals surface area contributed by atoms with Crippen LogP contribution in [0.1, 0.15) is 50.4 Å². The Bertz CT molecular complexity index is 2690. The first-order chi connectivity index (χ1) is 25.3. The minimum atomic E-state index is -1.19. The summed E-state index contributed by atoms with van der Waals surface area (Å²) < 4.78 is 16.2. The lowest BCUT2D eigenvalue weighted by Gasteiger charge is -2.53. The van der Waals surface area contributed by atoms with Gasteiger partial charge in [0, 0.05) is 49.4 Å². The molecule has 5 aromatic rings. The smallest absolute Gasteiger partial charge is 0.347 e. The van der Waals surface area contributed by atoms with Crippen LogP contribution >= 0.6 is 0 Å². The first-order valence-electron chi connectivity index (χ1n) is 17.5. The van der Waals surface area contributed by atoms with E-state index in [1.165, 1.54) is 28.2 Å². The number of ether oxygens (including phenoxy) is 2. The molecule has 1 fully saturated rings. The molecule has 1 saturated carbocycles. The number of allylic oxidation sites excluding steroid dienone is 4. The standard InChI is InChI=1S/C40H39N5O8/c1-20-21(2)36(48)40(3)26(35(20)47)17-29-25(34(40)24-11-12-31(46)23-10-8-7-9-22(23)24)13-16-44-38(50)43(39(51)45(29)44)15-14-27-37(49)42(4)30-19-33(53-6)32(52-5)18-28(30)41-27/h7-13,18-19,26,29,34,46H,14-17H2,1-6H3/t26-,29+,34-,40+/m0/s1. The molecule has 0 amide bonds. The number of benzene rings is 3. The van der Waals surface area contributed by atoms with Crippen molar-refractivity contribution < 1.29 is 24.2 Å². The minimum Gasteiger partial charge on any atom is -0.507 e. The molecular formula is C40H39N5O8. The topological polar surface area (TPSA) is 157 Å². The highest BCUT2D eigenvalue weighted by molar-refractivity contribution is 6.16. The zero-order valence-corrected chi connectivity index (χ0v) is 30.3. The summed E-state index contributed by atoms with van der Waals surface area (Å²) in [5.74, 6) is -0.736. The number of hydrogen-bond acceptors (Lipinski definition) is 9. The molecule has 8 rings (SSSR count). The molecule has 1 N–H and O–H groups in total. The number of aromatic nitrogens is 5. The Hall–Kier alpha value is -5.98. The van der Waals surface area contributed by atoms with Crippen LogP contribution in [0.5, 0.6) is 17.2 Å². The van der Waals surface area contributed by atoms with Crippen molar-refractivity contribution in [2.45, 2.75) is 58.7 Å². The van der Waals surface area contributed by atoms with E-state index in [2.05, 4.69) is 4.98 Å². The van der Waals surface area contributed by atoms with Crippen LogP contribution in [0.3, 0.4) is 0 Å². The monoisotopic (exact) mass is 717 g/mol. The Labute approximate surface area is 303 Å². The third-order valence-corrected chi connectivity index (χ3v) is 12.0. The number of rotatable bonds is 6. The third kappa shape index (κ3) is 4.68. The average Bonchev–Trinajstić information content (AvgIpc) is 3.41. The Morgan fingerprint density at radius 3 is 2.34 bits per heavy atom. The number of aryl methyl sites for hydroxylation is 2. The van der Waals surface area contributed by atoms with Crippen LogP contribution in [0, 0.1) is 11.3 Å². The number of fused-ring (bicyclic) bond motifs is 6. The second kappa shape index (κ2) is 12.0. The van der Waals surface area contributed by atoms with E-state index in [4.69, 9.17) is 9.47 Å². The molecule has 1 aliphatic heterocycles. The van der Waals surface area contributed by atoms with Gasteiger partial charge in [0.15, 0.2) is 23.1 Å². The van der Waals surface area contributed by atoms with Crippen LogP contribution in [0.2, 0.25) is 0 Å². The van der Waals surface area contributed by atoms with Crippen LogP contribution in [-0.2, 0) is 36.1 Å². The van der Waals surface area contributed by atoms with E-state index >= 15 is 0 Å². The summed E-state index contributed by atoms with van der Waals surface area (Å²) in [7, 11) is 4.63. The molecule has 272 valence electrons. The Morgan fingerprint density at radius 1 is 0.925 bits per heavy atom. The number of phenols is 1. The van der Waals surface area contributed by atoms with Gasteiger partial charge < -0.3 is 19.1 Å². The number of carbonyl (C=O) groups is 2. The molecule has 2 aliphatic carbocycles. The van der Waals surface area contributed by atoms with Crippen molar-refractivity contribution in [2.24, 2.45) is 18.4 Å². The van der Waals surface area contributed by atoms with Crippen LogP contribution in [0.4, 0.5) is 0 Å². The molecule has 3 aromatic carbocycles. The van der Waals surface area contributed by atoms with Crippen LogP contribution < -0.4 is 26.4 Å². The number of nitrogens with zero attached hydrogens (tertiary/aromatic N) is 5. The van der Waals surface area contributed by atoms with Gasteiger partial charge in [-0.1, -0.05) is 43.3 Å². The van der Waals surface area contributed by atoms with Gasteiger partial charge in [-0.3, -0.25) is 14.4 Å². The van der Waals surface area contributed by atoms with Gasteiger partial charge in [0.2, 0.25) is 0 Å². The van der Waals surface area contributed by atoms with E-state index in [9.17, 15) is 29.1 Å². The molecule has 13 nitrogen and oxygen atoms in total. The van der Waals surface area contributed by atoms with E-state index in [-0.39, 0.29) is 54.5 Å². The fraction of sp³-hybridized carbons (Fsp3) is 0.350. The van der Waals surface area contributed by atoms with Crippen LogP contribution in [0.25, 0.3) is 21.8 Å². The average molecular weight is 718 g/mol. The normalized spacial score (nSPS) is 22.5. The lowest BCUT2D eigenvalue weighted by molar-refractivity contribution is -0.140. The third-order valence-electron chi connectivity index (χ3n) is 12.0. The van der Waals surface area contributed by atoms with Crippen molar-refractivity contribution in [2.75, 3.05) is 14.2 Å². The molecule has 3 heterocycles. The summed E-state index contributed by atoms with van der Waals surface area (Å²) in [5.41, 5.74) is 0.836. The second-order valence-corrected chi connectivity index (χ2v) is 14.4. The zero-order chi connectivity index (χ0) is 37.7. The Balaban J connectivity index is 1.24. The number of methoxy groups -OCH3 is 2. The predicted octanol–water partition coefficient (Wildman–Crippen LogP) is 3.96. The summed E-state index contributed by atoms with van der Waals surface area (Å²) >= 11 is 0. The minimum absolute atomic E-state index is 0.000142. The van der Waals surface area contributed by atoms with Gasteiger partial charge in [0.05, 0.1) is 43.3 Å². The first kappa shape index (κ1) is 34.1. The van der Waals surface area contributed by atoms with Gasteiger partial charge in [-0.25, -0.2) is 28.5 Å². The molecule has 53 heavy (non-hydrogen) atoms. The van der Waals surface area contributed by atoms with Gasteiger partial charge in [0.1, 0.15) is 11.4 Å². The van der Waals surface area contributed by atoms with Gasteiger partial charge in [-0.05, 0) is 54.0 Å². The molecule has 0 unspecified atom stereocenters. The molecule has 0 radical (unpaired) electrons. The highest BCUT2D eigenvalue weighted by Gasteiger charge is 2.60. The SMILES string of the molecule is COc1cc2nc(CCn3c(=O)n4n(c3=O)[C@@H]3C[C@H]5C(=O)C(C)=C(C)C(=O)[C@@]5(C)[C@@H](c5ccc(O)c6ccccc56)C3=CC4)c(=O)n(C)c2cc1OC. The van der Waals surface area contributed by atoms with E-state index in [0.29, 0.717) is 39.1 Å². The Kier molecular flexibility index (Phi) is 7.75.